The van der Waals surface area contributed by atoms with Gasteiger partial charge in [0.1, 0.15) is 11.6 Å². The number of rotatable bonds is 7. The van der Waals surface area contributed by atoms with Gasteiger partial charge in [0.05, 0.1) is 23.8 Å². The molecule has 0 aliphatic carbocycles. The summed E-state index contributed by atoms with van der Waals surface area (Å²) in [6.45, 7) is 0.542. The fraction of sp³-hybridized carbons (Fsp3) is 0.316. The zero-order chi connectivity index (χ0) is 20.1. The Bertz CT molecular complexity index is 886. The highest BCUT2D eigenvalue weighted by Crippen LogP contribution is 2.22. The molecular weight excluding hydrogens is 390 g/mol. The molecule has 6 nitrogen and oxygen atoms in total. The molecule has 0 radical (unpaired) electrons. The smallest absolute Gasteiger partial charge is 0.309 e. The number of hydrogen-bond acceptors (Lipinski definition) is 5. The van der Waals surface area contributed by atoms with E-state index in [0.717, 1.165) is 11.6 Å². The molecule has 0 spiro atoms. The summed E-state index contributed by atoms with van der Waals surface area (Å²) in [4.78, 5) is 35.7. The Hall–Kier alpha value is -2.81. The van der Waals surface area contributed by atoms with Gasteiger partial charge in [0, 0.05) is 19.0 Å². The van der Waals surface area contributed by atoms with E-state index in [9.17, 15) is 23.2 Å². The molecule has 0 saturated carbocycles. The summed E-state index contributed by atoms with van der Waals surface area (Å²) in [6.07, 6.45) is 0.809. The number of amides is 2. The lowest BCUT2D eigenvalue weighted by Crippen LogP contribution is -2.24. The Morgan fingerprint density at radius 1 is 1.25 bits per heavy atom. The van der Waals surface area contributed by atoms with Gasteiger partial charge in [-0.3, -0.25) is 14.4 Å². The number of ether oxygens (including phenoxy) is 1. The first-order chi connectivity index (χ1) is 13.4. The van der Waals surface area contributed by atoms with E-state index in [1.807, 2.05) is 16.8 Å². The summed E-state index contributed by atoms with van der Waals surface area (Å²) in [5.41, 5.74) is 0.201. The predicted octanol–water partition coefficient (Wildman–Crippen LogP) is 3.24. The molecule has 1 aliphatic heterocycles. The lowest BCUT2D eigenvalue weighted by atomic mass is 10.0. The van der Waals surface area contributed by atoms with Gasteiger partial charge in [-0.2, -0.15) is 11.3 Å². The average Bonchev–Trinajstić information content (AvgIpc) is 3.32. The van der Waals surface area contributed by atoms with Crippen LogP contribution in [0.1, 0.15) is 35.2 Å². The fourth-order valence-electron chi connectivity index (χ4n) is 2.81. The molecule has 1 aromatic carbocycles. The summed E-state index contributed by atoms with van der Waals surface area (Å²) in [7, 11) is 0. The molecule has 1 saturated heterocycles. The molecule has 1 aromatic heterocycles. The standard InChI is InChI=1S/C19H18F2N2O4S/c20-14-8-15(21)16(23-17(24)2-1-12-3-5-27-19(12)26)7-13(14)18(25)22-9-11-4-6-28-10-11/h4,6-8,10,12H,1-3,5,9H2,(H,22,25)(H,23,24). The van der Waals surface area contributed by atoms with E-state index >= 15 is 0 Å². The van der Waals surface area contributed by atoms with Crippen molar-refractivity contribution in [2.45, 2.75) is 25.8 Å². The topological polar surface area (TPSA) is 84.5 Å². The van der Waals surface area contributed by atoms with Gasteiger partial charge >= 0.3 is 5.97 Å². The maximum atomic E-state index is 14.0. The van der Waals surface area contributed by atoms with E-state index in [2.05, 4.69) is 10.6 Å². The highest BCUT2D eigenvalue weighted by molar-refractivity contribution is 7.07. The van der Waals surface area contributed by atoms with E-state index in [-0.39, 0.29) is 42.5 Å². The molecule has 9 heteroatoms. The van der Waals surface area contributed by atoms with Crippen molar-refractivity contribution in [1.82, 2.24) is 5.32 Å². The Kier molecular flexibility index (Phi) is 6.35. The molecule has 2 heterocycles. The molecule has 1 unspecified atom stereocenters. The number of nitrogens with one attached hydrogen (secondary N) is 2. The van der Waals surface area contributed by atoms with Crippen LogP contribution in [0.2, 0.25) is 0 Å². The van der Waals surface area contributed by atoms with Crippen LogP contribution in [0.5, 0.6) is 0 Å². The number of benzene rings is 1. The van der Waals surface area contributed by atoms with Crippen molar-refractivity contribution in [3.05, 3.63) is 51.7 Å². The molecule has 2 amide bonds. The van der Waals surface area contributed by atoms with Gasteiger partial charge in [-0.25, -0.2) is 8.78 Å². The highest BCUT2D eigenvalue weighted by atomic mass is 32.1. The van der Waals surface area contributed by atoms with Crippen molar-refractivity contribution in [2.24, 2.45) is 5.92 Å². The summed E-state index contributed by atoms with van der Waals surface area (Å²) >= 11 is 1.46. The number of cyclic esters (lactones) is 1. The number of anilines is 1. The first-order valence-electron chi connectivity index (χ1n) is 8.69. The highest BCUT2D eigenvalue weighted by Gasteiger charge is 2.27. The van der Waals surface area contributed by atoms with Gasteiger partial charge in [-0.15, -0.1) is 0 Å². The zero-order valence-electron chi connectivity index (χ0n) is 14.8. The van der Waals surface area contributed by atoms with E-state index in [0.29, 0.717) is 19.1 Å². The van der Waals surface area contributed by atoms with Gasteiger partial charge < -0.3 is 15.4 Å². The third-order valence-corrected chi connectivity index (χ3v) is 5.10. The van der Waals surface area contributed by atoms with Gasteiger partial charge in [0.25, 0.3) is 5.91 Å². The van der Waals surface area contributed by atoms with Crippen LogP contribution in [0.4, 0.5) is 14.5 Å². The normalized spacial score (nSPS) is 15.9. The van der Waals surface area contributed by atoms with E-state index < -0.39 is 23.4 Å². The van der Waals surface area contributed by atoms with Crippen LogP contribution in [0.3, 0.4) is 0 Å². The van der Waals surface area contributed by atoms with Crippen LogP contribution in [0.15, 0.2) is 29.0 Å². The molecule has 3 rings (SSSR count). The van der Waals surface area contributed by atoms with Gasteiger partial charge in [-0.1, -0.05) is 0 Å². The Morgan fingerprint density at radius 3 is 2.75 bits per heavy atom. The van der Waals surface area contributed by atoms with Crippen LogP contribution in [0, 0.1) is 17.6 Å². The molecule has 1 atom stereocenters. The second-order valence-electron chi connectivity index (χ2n) is 6.37. The lowest BCUT2D eigenvalue weighted by Gasteiger charge is -2.11. The summed E-state index contributed by atoms with van der Waals surface area (Å²) in [5.74, 6) is -3.94. The van der Waals surface area contributed by atoms with Crippen molar-refractivity contribution in [2.75, 3.05) is 11.9 Å². The molecule has 148 valence electrons. The number of carbonyl (C=O) groups excluding carboxylic acids is 3. The molecule has 0 bridgehead atoms. The molecule has 2 N–H and O–H groups in total. The monoisotopic (exact) mass is 408 g/mol. The van der Waals surface area contributed by atoms with Crippen LogP contribution in [-0.4, -0.2) is 24.4 Å². The Labute approximate surface area is 163 Å². The van der Waals surface area contributed by atoms with E-state index in [1.54, 1.807) is 0 Å². The first kappa shape index (κ1) is 19.9. The number of hydrogen-bond donors (Lipinski definition) is 2. The minimum atomic E-state index is -1.02. The van der Waals surface area contributed by atoms with Crippen LogP contribution >= 0.6 is 11.3 Å². The quantitative estimate of drug-likeness (QED) is 0.689. The van der Waals surface area contributed by atoms with Gasteiger partial charge in [0.2, 0.25) is 5.91 Å². The third kappa shape index (κ3) is 4.92. The molecular formula is C19H18F2N2O4S. The largest absolute Gasteiger partial charge is 0.465 e. The third-order valence-electron chi connectivity index (χ3n) is 4.37. The maximum Gasteiger partial charge on any atom is 0.309 e. The summed E-state index contributed by atoms with van der Waals surface area (Å²) < 4.78 is 32.8. The molecule has 1 aliphatic rings. The zero-order valence-corrected chi connectivity index (χ0v) is 15.6. The van der Waals surface area contributed by atoms with Gasteiger partial charge in [-0.05, 0) is 41.3 Å². The number of halogens is 2. The second kappa shape index (κ2) is 8.92. The van der Waals surface area contributed by atoms with Crippen molar-refractivity contribution in [1.29, 1.82) is 0 Å². The van der Waals surface area contributed by atoms with Crippen molar-refractivity contribution in [3.8, 4) is 0 Å². The Balaban J connectivity index is 1.62. The minimum absolute atomic E-state index is 0.0176. The van der Waals surface area contributed by atoms with Crippen molar-refractivity contribution < 1.29 is 27.9 Å². The minimum Gasteiger partial charge on any atom is -0.465 e. The van der Waals surface area contributed by atoms with Crippen molar-refractivity contribution in [3.63, 3.8) is 0 Å². The van der Waals surface area contributed by atoms with Crippen molar-refractivity contribution >= 4 is 34.8 Å². The summed E-state index contributed by atoms with van der Waals surface area (Å²) in [5, 5.41) is 8.57. The second-order valence-corrected chi connectivity index (χ2v) is 7.15. The van der Waals surface area contributed by atoms with E-state index in [1.165, 1.54) is 11.3 Å². The number of carbonyl (C=O) groups is 3. The maximum absolute atomic E-state index is 14.0. The molecule has 1 fully saturated rings. The summed E-state index contributed by atoms with van der Waals surface area (Å²) in [6, 6.07) is 3.34. The number of thiophene rings is 1. The Morgan fingerprint density at radius 2 is 2.07 bits per heavy atom. The number of esters is 1. The van der Waals surface area contributed by atoms with Crippen LogP contribution in [-0.2, 0) is 20.9 Å². The lowest BCUT2D eigenvalue weighted by molar-refractivity contribution is -0.141. The van der Waals surface area contributed by atoms with Crippen LogP contribution in [0.25, 0.3) is 0 Å². The molecule has 28 heavy (non-hydrogen) atoms. The first-order valence-corrected chi connectivity index (χ1v) is 9.63. The van der Waals surface area contributed by atoms with E-state index in [4.69, 9.17) is 4.74 Å². The average molecular weight is 408 g/mol. The SMILES string of the molecule is O=C(CCC1CCOC1=O)Nc1cc(C(=O)NCc2ccsc2)c(F)cc1F. The fourth-order valence-corrected chi connectivity index (χ4v) is 3.48. The molecule has 2 aromatic rings. The van der Waals surface area contributed by atoms with Crippen LogP contribution < -0.4 is 10.6 Å². The predicted molar refractivity (Wildman–Crippen MR) is 98.8 cm³/mol. The van der Waals surface area contributed by atoms with Gasteiger partial charge in [0.15, 0.2) is 0 Å².